The zero-order valence-electron chi connectivity index (χ0n) is 47.6. The van der Waals surface area contributed by atoms with E-state index in [0.717, 1.165) is 87.6 Å². The summed E-state index contributed by atoms with van der Waals surface area (Å²) in [7, 11) is 4.66. The van der Waals surface area contributed by atoms with Gasteiger partial charge in [-0.25, -0.2) is 0 Å². The molecule has 0 aromatic heterocycles. The monoisotopic (exact) mass is 1100 g/mol. The first-order chi connectivity index (χ1) is 40.3. The molecule has 16 atom stereocenters. The fourth-order valence-electron chi connectivity index (χ4n) is 21.9. The first kappa shape index (κ1) is 48.0. The van der Waals surface area contributed by atoms with Gasteiger partial charge in [-0.3, -0.25) is 0 Å². The minimum atomic E-state index is 0.0109. The summed E-state index contributed by atoms with van der Waals surface area (Å²) in [6.45, 7) is 7.56. The third-order valence-electron chi connectivity index (χ3n) is 25.0. The lowest BCUT2D eigenvalue weighted by molar-refractivity contribution is -0.168. The molecule has 0 saturated heterocycles. The molecular weight excluding hydrogens is 1030 g/mol. The second kappa shape index (κ2) is 17.1. The number of benzene rings is 7. The maximum Gasteiger partial charge on any atom is 0.124 e. The van der Waals surface area contributed by atoms with Gasteiger partial charge in [-0.1, -0.05) is 146 Å². The van der Waals surface area contributed by atoms with E-state index in [-0.39, 0.29) is 28.9 Å². The van der Waals surface area contributed by atoms with E-state index in [9.17, 15) is 0 Å². The molecule has 16 unspecified atom stereocenters. The molecule has 1 heterocycles. The van der Waals surface area contributed by atoms with Gasteiger partial charge >= 0.3 is 0 Å². The number of fused-ring (bicyclic) bond motifs is 17. The molecule has 6 fully saturated rings. The first-order valence-corrected chi connectivity index (χ1v) is 33.9. The lowest BCUT2D eigenvalue weighted by atomic mass is 9.34. The molecule has 12 aliphatic rings. The SMILES string of the molecule is C[Si]c1ccc(N(c2ccc3cc4c(cc3c2)OC2CC3CC(N(C5=C6C(=CCC5)c5ccccc5C65C(C)CC6CC7CC5C67)c5ccc([Si])cc5)C=CC3=CC42)c2cccc3c2C2(c4ccccc4-3)C(C)CC3CC4CC2C34)cc1. The van der Waals surface area contributed by atoms with Crippen LogP contribution in [0.25, 0.3) is 27.5 Å². The van der Waals surface area contributed by atoms with Crippen molar-refractivity contribution < 1.29 is 4.74 Å². The van der Waals surface area contributed by atoms with Crippen LogP contribution in [0, 0.1) is 65.1 Å². The van der Waals surface area contributed by atoms with Gasteiger partial charge in [0.25, 0.3) is 0 Å². The fourth-order valence-corrected chi connectivity index (χ4v) is 22.6. The minimum absolute atomic E-state index is 0.0109. The van der Waals surface area contributed by atoms with Gasteiger partial charge in [0.2, 0.25) is 0 Å². The number of rotatable bonds is 7. The molecule has 82 heavy (non-hydrogen) atoms. The average molecular weight is 1100 g/mol. The maximum absolute atomic E-state index is 7.30. The second-order valence-electron chi connectivity index (χ2n) is 28.0. The van der Waals surface area contributed by atoms with Crippen molar-refractivity contribution in [1.82, 2.24) is 0 Å². The Morgan fingerprint density at radius 2 is 1.29 bits per heavy atom. The van der Waals surface area contributed by atoms with E-state index < -0.39 is 0 Å². The predicted octanol–water partition coefficient (Wildman–Crippen LogP) is 16.4. The van der Waals surface area contributed by atoms with Crippen LogP contribution in [0.15, 0.2) is 187 Å². The van der Waals surface area contributed by atoms with Crippen molar-refractivity contribution in [3.05, 3.63) is 215 Å². The Morgan fingerprint density at radius 1 is 0.610 bits per heavy atom. The standard InChI is InChI=1S/C77H71N2OSi2/c1-42-30-48-32-50-38-66(72(48)50)76(42)64-14-6-4-10-58(64)60-12-8-16-68(74(60)76)78(52-22-26-56(81)27-23-52)54-20-18-44-36-62-63-37-45-19-21-55(35-47(45)41-71(63)80-70(62)40-46(44)34-54)79(53-24-28-57(82-3)29-25-53)69-17-9-13-61-59-11-5-7-15-65(59)77(75(61)69)43(2)31-49-33-51-39-67(77)73(49)51/h4-7,9-15,17-29,35-37,41-43,46,48-51,54,62,66-67,70,72-73H,8,16,30-34,38-40H2,1-3H3. The van der Waals surface area contributed by atoms with Crippen LogP contribution in [0.5, 0.6) is 5.75 Å². The Kier molecular flexibility index (Phi) is 10.0. The van der Waals surface area contributed by atoms with E-state index in [1.807, 2.05) is 0 Å². The van der Waals surface area contributed by atoms with E-state index in [0.29, 0.717) is 23.7 Å². The lowest BCUT2D eigenvalue weighted by Crippen LogP contribution is -2.65. The van der Waals surface area contributed by atoms with Gasteiger partial charge in [0.15, 0.2) is 0 Å². The highest BCUT2D eigenvalue weighted by Gasteiger charge is 2.71. The number of hydrogen-bond donors (Lipinski definition) is 0. The van der Waals surface area contributed by atoms with Crippen molar-refractivity contribution in [2.24, 2.45) is 65.1 Å². The van der Waals surface area contributed by atoms with Crippen LogP contribution in [0.4, 0.5) is 22.7 Å². The van der Waals surface area contributed by atoms with E-state index in [4.69, 9.17) is 4.74 Å². The van der Waals surface area contributed by atoms with Gasteiger partial charge in [-0.2, -0.15) is 0 Å². The lowest BCUT2D eigenvalue weighted by Gasteiger charge is -2.70. The van der Waals surface area contributed by atoms with E-state index in [2.05, 4.69) is 210 Å². The molecule has 2 spiro atoms. The highest BCUT2D eigenvalue weighted by atomic mass is 28.2. The minimum Gasteiger partial charge on any atom is -0.489 e. The summed E-state index contributed by atoms with van der Waals surface area (Å²) in [4.78, 5) is 5.50. The van der Waals surface area contributed by atoms with Crippen molar-refractivity contribution in [3.8, 4) is 16.9 Å². The quantitative estimate of drug-likeness (QED) is 0.148. The predicted molar refractivity (Wildman–Crippen MR) is 338 cm³/mol. The summed E-state index contributed by atoms with van der Waals surface area (Å²) in [5.41, 5.74) is 22.2. The molecule has 3 nitrogen and oxygen atoms in total. The zero-order chi connectivity index (χ0) is 54.1. The first-order valence-electron chi connectivity index (χ1n) is 31.9. The molecule has 5 heteroatoms. The number of anilines is 4. The summed E-state index contributed by atoms with van der Waals surface area (Å²) >= 11 is 0. The summed E-state index contributed by atoms with van der Waals surface area (Å²) in [5.74, 6) is 9.85. The summed E-state index contributed by atoms with van der Waals surface area (Å²) < 4.78 is 7.30. The molecule has 0 amide bonds. The van der Waals surface area contributed by atoms with Crippen molar-refractivity contribution in [2.45, 2.75) is 113 Å². The Bertz CT molecular complexity index is 4040. The molecule has 7 aromatic carbocycles. The van der Waals surface area contributed by atoms with Gasteiger partial charge in [-0.05, 0) is 245 Å². The molecule has 5 radical (unpaired) electrons. The van der Waals surface area contributed by atoms with Crippen molar-refractivity contribution in [1.29, 1.82) is 0 Å². The maximum atomic E-state index is 7.30. The molecule has 0 N–H and O–H groups in total. The molecule has 11 aliphatic carbocycles. The molecule has 403 valence electrons. The fraction of sp³-hybridized carbons (Fsp3) is 0.377. The van der Waals surface area contributed by atoms with Gasteiger partial charge < -0.3 is 14.5 Å². The topological polar surface area (TPSA) is 15.7 Å². The molecule has 1 aliphatic heterocycles. The van der Waals surface area contributed by atoms with Crippen LogP contribution in [0.2, 0.25) is 6.55 Å². The van der Waals surface area contributed by atoms with Crippen LogP contribution in [-0.4, -0.2) is 31.9 Å². The number of hydrogen-bond acceptors (Lipinski definition) is 3. The number of allylic oxidation sites excluding steroid dienone is 6. The van der Waals surface area contributed by atoms with E-state index in [1.165, 1.54) is 105 Å². The Hall–Kier alpha value is -6.41. The van der Waals surface area contributed by atoms with Gasteiger partial charge in [0.1, 0.15) is 11.9 Å². The zero-order valence-corrected chi connectivity index (χ0v) is 49.6. The Morgan fingerprint density at radius 3 is 2.06 bits per heavy atom. The summed E-state index contributed by atoms with van der Waals surface area (Å²) in [6.07, 6.45) is 23.2. The molecule has 6 saturated carbocycles. The van der Waals surface area contributed by atoms with Crippen molar-refractivity contribution in [3.63, 3.8) is 0 Å². The third-order valence-corrected chi connectivity index (χ3v) is 26.3. The van der Waals surface area contributed by atoms with Crippen molar-refractivity contribution >= 4 is 69.2 Å². The van der Waals surface area contributed by atoms with Crippen LogP contribution >= 0.6 is 0 Å². The summed E-state index contributed by atoms with van der Waals surface area (Å²) in [6, 6.07) is 57.8. The Balaban J connectivity index is 0.683. The number of nitrogens with zero attached hydrogens (tertiary/aromatic N) is 2. The van der Waals surface area contributed by atoms with Gasteiger partial charge in [0.05, 0.1) is 31.5 Å². The summed E-state index contributed by atoms with van der Waals surface area (Å²) in [5, 5.41) is 5.07. The normalized spacial score (nSPS) is 35.4. The largest absolute Gasteiger partial charge is 0.489 e. The van der Waals surface area contributed by atoms with Crippen LogP contribution < -0.4 is 24.9 Å². The van der Waals surface area contributed by atoms with Crippen LogP contribution in [-0.2, 0) is 10.8 Å². The smallest absolute Gasteiger partial charge is 0.124 e. The van der Waals surface area contributed by atoms with Crippen LogP contribution in [0.1, 0.15) is 112 Å². The average Bonchev–Trinajstić information content (AvgIpc) is 1.37. The second-order valence-corrected chi connectivity index (χ2v) is 29.7. The number of ether oxygens (including phenoxy) is 1. The highest BCUT2D eigenvalue weighted by Crippen LogP contribution is 2.77. The molecule has 19 rings (SSSR count). The van der Waals surface area contributed by atoms with E-state index in [1.54, 1.807) is 33.5 Å². The highest BCUT2D eigenvalue weighted by molar-refractivity contribution is 6.51. The van der Waals surface area contributed by atoms with E-state index >= 15 is 0 Å². The Labute approximate surface area is 490 Å². The van der Waals surface area contributed by atoms with Gasteiger partial charge in [0, 0.05) is 45.1 Å². The van der Waals surface area contributed by atoms with Crippen molar-refractivity contribution in [2.75, 3.05) is 9.80 Å². The molecular formula is C77H71N2OSi2. The van der Waals surface area contributed by atoms with Gasteiger partial charge in [-0.15, -0.1) is 0 Å². The molecule has 7 aromatic rings. The molecule has 0 bridgehead atoms. The van der Waals surface area contributed by atoms with Crippen LogP contribution in [0.3, 0.4) is 0 Å². The third kappa shape index (κ3) is 6.13.